The van der Waals surface area contributed by atoms with Crippen molar-refractivity contribution in [3.8, 4) is 5.69 Å². The zero-order valence-corrected chi connectivity index (χ0v) is 11.9. The molecule has 1 N–H and O–H groups in total. The van der Waals surface area contributed by atoms with Gasteiger partial charge in [0.15, 0.2) is 0 Å². The van der Waals surface area contributed by atoms with E-state index in [1.54, 1.807) is 4.68 Å². The second-order valence-electron chi connectivity index (χ2n) is 3.58. The smallest absolute Gasteiger partial charge is 0.0832 e. The molecule has 1 aromatic carbocycles. The van der Waals surface area contributed by atoms with E-state index in [4.69, 9.17) is 16.7 Å². The van der Waals surface area contributed by atoms with Crippen LogP contribution in [0.15, 0.2) is 24.4 Å². The number of rotatable bonds is 4. The molecular weight excluding hydrogens is 352 g/mol. The molecule has 0 aliphatic carbocycles. The molecule has 0 atom stereocenters. The van der Waals surface area contributed by atoms with Crippen LogP contribution in [-0.2, 0) is 6.42 Å². The molecule has 0 fully saturated rings. The Hall–Kier alpha value is -0.660. The van der Waals surface area contributed by atoms with Crippen molar-refractivity contribution >= 4 is 34.2 Å². The van der Waals surface area contributed by atoms with Crippen LogP contribution >= 0.6 is 34.2 Å². The van der Waals surface area contributed by atoms with Crippen LogP contribution in [0.2, 0.25) is 5.02 Å². The largest absolute Gasteiger partial charge is 0.396 e. The van der Waals surface area contributed by atoms with Gasteiger partial charge in [0.2, 0.25) is 0 Å². The number of hydrogen-bond acceptors (Lipinski definition) is 3. The predicted octanol–water partition coefficient (Wildman–Crippen LogP) is 2.45. The minimum atomic E-state index is 0.172. The van der Waals surface area contributed by atoms with Crippen LogP contribution in [0.3, 0.4) is 0 Å². The molecule has 0 spiro atoms. The van der Waals surface area contributed by atoms with Gasteiger partial charge >= 0.3 is 0 Å². The molecule has 2 aromatic rings. The first-order valence-electron chi connectivity index (χ1n) is 5.18. The number of aliphatic hydroxyl groups is 1. The van der Waals surface area contributed by atoms with Crippen molar-refractivity contribution in [1.82, 2.24) is 15.0 Å². The molecule has 1 aromatic heterocycles. The number of hydrogen-bond donors (Lipinski definition) is 1. The topological polar surface area (TPSA) is 50.9 Å². The minimum Gasteiger partial charge on any atom is -0.396 e. The van der Waals surface area contributed by atoms with E-state index in [0.29, 0.717) is 11.4 Å². The highest BCUT2D eigenvalue weighted by Gasteiger charge is 2.06. The van der Waals surface area contributed by atoms with Crippen molar-refractivity contribution in [2.75, 3.05) is 6.61 Å². The summed E-state index contributed by atoms with van der Waals surface area (Å²) >= 11 is 8.11. The Morgan fingerprint density at radius 3 is 2.94 bits per heavy atom. The van der Waals surface area contributed by atoms with Gasteiger partial charge in [0.05, 0.1) is 17.6 Å². The van der Waals surface area contributed by atoms with E-state index >= 15 is 0 Å². The van der Waals surface area contributed by atoms with E-state index in [-0.39, 0.29) is 6.61 Å². The molecule has 0 aliphatic rings. The minimum absolute atomic E-state index is 0.172. The summed E-state index contributed by atoms with van der Waals surface area (Å²) in [5.74, 6) is 0. The summed E-state index contributed by atoms with van der Waals surface area (Å²) in [5.41, 5.74) is 1.84. The fraction of sp³-hybridized carbons (Fsp3) is 0.273. The average molecular weight is 364 g/mol. The summed E-state index contributed by atoms with van der Waals surface area (Å²) in [5, 5.41) is 17.6. The third-order valence-corrected chi connectivity index (χ3v) is 3.39. The van der Waals surface area contributed by atoms with E-state index in [9.17, 15) is 0 Å². The summed E-state index contributed by atoms with van der Waals surface area (Å²) < 4.78 is 2.75. The van der Waals surface area contributed by atoms with Crippen molar-refractivity contribution in [3.05, 3.63) is 38.7 Å². The molecule has 0 amide bonds. The van der Waals surface area contributed by atoms with Crippen molar-refractivity contribution in [2.45, 2.75) is 12.8 Å². The maximum Gasteiger partial charge on any atom is 0.0832 e. The van der Waals surface area contributed by atoms with Gasteiger partial charge in [-0.3, -0.25) is 0 Å². The summed E-state index contributed by atoms with van der Waals surface area (Å²) in [7, 11) is 0. The summed E-state index contributed by atoms with van der Waals surface area (Å²) in [6, 6.07) is 5.62. The highest BCUT2D eigenvalue weighted by Crippen LogP contribution is 2.20. The number of halogens is 2. The summed E-state index contributed by atoms with van der Waals surface area (Å²) in [6.07, 6.45) is 3.32. The van der Waals surface area contributed by atoms with Crippen molar-refractivity contribution in [2.24, 2.45) is 0 Å². The van der Waals surface area contributed by atoms with Crippen LogP contribution in [0.5, 0.6) is 0 Å². The molecule has 90 valence electrons. The Morgan fingerprint density at radius 1 is 1.41 bits per heavy atom. The molecule has 0 radical (unpaired) electrons. The molecule has 2 rings (SSSR count). The monoisotopic (exact) mass is 363 g/mol. The van der Waals surface area contributed by atoms with E-state index in [1.807, 2.05) is 24.4 Å². The van der Waals surface area contributed by atoms with E-state index in [0.717, 1.165) is 21.4 Å². The lowest BCUT2D eigenvalue weighted by Crippen LogP contribution is -1.97. The molecule has 0 saturated carbocycles. The number of aliphatic hydroxyl groups excluding tert-OH is 1. The molecule has 4 nitrogen and oxygen atoms in total. The first kappa shape index (κ1) is 12.8. The summed E-state index contributed by atoms with van der Waals surface area (Å²) in [6.45, 7) is 0.172. The molecule has 0 unspecified atom stereocenters. The van der Waals surface area contributed by atoms with Gasteiger partial charge in [-0.05, 0) is 53.6 Å². The van der Waals surface area contributed by atoms with Crippen LogP contribution in [-0.4, -0.2) is 26.7 Å². The zero-order chi connectivity index (χ0) is 12.3. The molecular formula is C11H11ClIN3O. The van der Waals surface area contributed by atoms with Gasteiger partial charge in [-0.1, -0.05) is 16.8 Å². The first-order valence-corrected chi connectivity index (χ1v) is 6.64. The van der Waals surface area contributed by atoms with E-state index < -0.39 is 0 Å². The van der Waals surface area contributed by atoms with Gasteiger partial charge in [-0.15, -0.1) is 5.10 Å². The maximum absolute atomic E-state index is 8.76. The van der Waals surface area contributed by atoms with Gasteiger partial charge in [0, 0.05) is 15.2 Å². The normalized spacial score (nSPS) is 10.8. The standard InChI is InChI=1S/C11H11ClIN3O/c12-8-3-4-11(10(13)6-8)16-7-9(14-15-16)2-1-5-17/h3-4,6-7,17H,1-2,5H2. The Labute approximate surface area is 118 Å². The molecule has 6 heteroatoms. The Kier molecular flexibility index (Phi) is 4.36. The van der Waals surface area contributed by atoms with Crippen LogP contribution in [0.1, 0.15) is 12.1 Å². The molecule has 0 saturated heterocycles. The third-order valence-electron chi connectivity index (χ3n) is 2.29. The second kappa shape index (κ2) is 5.79. The molecule has 0 bridgehead atoms. The Balaban J connectivity index is 2.24. The van der Waals surface area contributed by atoms with Crippen LogP contribution in [0, 0.1) is 3.57 Å². The van der Waals surface area contributed by atoms with E-state index in [2.05, 4.69) is 32.9 Å². The van der Waals surface area contributed by atoms with Gasteiger partial charge < -0.3 is 5.11 Å². The van der Waals surface area contributed by atoms with Gasteiger partial charge in [-0.2, -0.15) is 0 Å². The van der Waals surface area contributed by atoms with Gasteiger partial charge in [0.25, 0.3) is 0 Å². The van der Waals surface area contributed by atoms with Crippen molar-refractivity contribution < 1.29 is 5.11 Å². The lowest BCUT2D eigenvalue weighted by atomic mass is 10.2. The van der Waals surface area contributed by atoms with Crippen LogP contribution in [0.4, 0.5) is 0 Å². The van der Waals surface area contributed by atoms with Crippen LogP contribution < -0.4 is 0 Å². The number of aryl methyl sites for hydroxylation is 1. The van der Waals surface area contributed by atoms with Gasteiger partial charge in [0.1, 0.15) is 0 Å². The van der Waals surface area contributed by atoms with Crippen molar-refractivity contribution in [1.29, 1.82) is 0 Å². The highest BCUT2D eigenvalue weighted by molar-refractivity contribution is 14.1. The maximum atomic E-state index is 8.76. The number of benzene rings is 1. The van der Waals surface area contributed by atoms with Crippen LogP contribution in [0.25, 0.3) is 5.69 Å². The lowest BCUT2D eigenvalue weighted by Gasteiger charge is -2.03. The number of nitrogens with zero attached hydrogens (tertiary/aromatic N) is 3. The predicted molar refractivity (Wildman–Crippen MR) is 74.5 cm³/mol. The molecule has 0 aliphatic heterocycles. The second-order valence-corrected chi connectivity index (χ2v) is 5.18. The highest BCUT2D eigenvalue weighted by atomic mass is 127. The SMILES string of the molecule is OCCCc1cn(-c2ccc(Cl)cc2I)nn1. The Bertz CT molecular complexity index is 515. The molecule has 17 heavy (non-hydrogen) atoms. The van der Waals surface area contributed by atoms with Crippen molar-refractivity contribution in [3.63, 3.8) is 0 Å². The lowest BCUT2D eigenvalue weighted by molar-refractivity contribution is 0.288. The van der Waals surface area contributed by atoms with E-state index in [1.165, 1.54) is 0 Å². The number of aromatic nitrogens is 3. The average Bonchev–Trinajstić information content (AvgIpc) is 2.75. The first-order chi connectivity index (χ1) is 8.20. The fourth-order valence-electron chi connectivity index (χ4n) is 1.46. The molecule has 1 heterocycles. The quantitative estimate of drug-likeness (QED) is 0.849. The van der Waals surface area contributed by atoms with Gasteiger partial charge in [-0.25, -0.2) is 4.68 Å². The third kappa shape index (κ3) is 3.17. The fourth-order valence-corrected chi connectivity index (χ4v) is 2.58. The Morgan fingerprint density at radius 2 is 2.24 bits per heavy atom. The zero-order valence-electron chi connectivity index (χ0n) is 8.98. The summed E-state index contributed by atoms with van der Waals surface area (Å²) in [4.78, 5) is 0.